The van der Waals surface area contributed by atoms with E-state index in [1.807, 2.05) is 13.0 Å². The molecular weight excluding hydrogens is 313 g/mol. The third-order valence-electron chi connectivity index (χ3n) is 4.47. The van der Waals surface area contributed by atoms with Crippen LogP contribution in [0, 0.1) is 5.41 Å². The Labute approximate surface area is 142 Å². The fraction of sp³-hybridized carbons (Fsp3) is 0.450. The molecule has 0 heterocycles. The summed E-state index contributed by atoms with van der Waals surface area (Å²) >= 11 is 0. The smallest absolute Gasteiger partial charge is 0.299 e. The first-order valence-corrected chi connectivity index (χ1v) is 8.04. The highest BCUT2D eigenvalue weighted by Gasteiger charge is 2.53. The molecule has 1 unspecified atom stereocenters. The number of rotatable bonds is 5. The van der Waals surface area contributed by atoms with E-state index in [0.717, 1.165) is 16.7 Å². The van der Waals surface area contributed by atoms with E-state index < -0.39 is 11.6 Å². The van der Waals surface area contributed by atoms with Crippen LogP contribution in [0.2, 0.25) is 0 Å². The molecule has 0 fully saturated rings. The largest absolute Gasteiger partial charge is 0.398 e. The zero-order valence-corrected chi connectivity index (χ0v) is 14.7. The lowest BCUT2D eigenvalue weighted by Gasteiger charge is -2.38. The van der Waals surface area contributed by atoms with Gasteiger partial charge in [-0.25, -0.2) is 0 Å². The summed E-state index contributed by atoms with van der Waals surface area (Å²) in [4.78, 5) is 10.3. The second-order valence-corrected chi connectivity index (χ2v) is 6.53. The van der Waals surface area contributed by atoms with Crippen molar-refractivity contribution >= 4 is 6.29 Å². The highest BCUT2D eigenvalue weighted by Crippen LogP contribution is 2.52. The predicted octanol–water partition coefficient (Wildman–Crippen LogP) is 6.26. The van der Waals surface area contributed by atoms with Crippen LogP contribution in [0.3, 0.4) is 0 Å². The molecule has 0 aliphatic heterocycles. The van der Waals surface area contributed by atoms with Crippen LogP contribution in [0.1, 0.15) is 47.0 Å². The number of hydrogen-bond donors (Lipinski definition) is 0. The molecule has 4 heteroatoms. The van der Waals surface area contributed by atoms with E-state index in [1.54, 1.807) is 38.2 Å². The molecule has 1 nitrogen and oxygen atoms in total. The molecule has 1 atom stereocenters. The maximum absolute atomic E-state index is 13.5. The van der Waals surface area contributed by atoms with Crippen molar-refractivity contribution in [3.8, 4) is 0 Å². The van der Waals surface area contributed by atoms with E-state index in [0.29, 0.717) is 24.7 Å². The number of aldehydes is 1. The molecule has 0 N–H and O–H groups in total. The predicted molar refractivity (Wildman–Crippen MR) is 92.6 cm³/mol. The van der Waals surface area contributed by atoms with Crippen molar-refractivity contribution in [1.29, 1.82) is 0 Å². The Morgan fingerprint density at radius 1 is 1.12 bits per heavy atom. The van der Waals surface area contributed by atoms with Crippen LogP contribution in [0.25, 0.3) is 0 Å². The lowest BCUT2D eigenvalue weighted by atomic mass is 9.70. The minimum absolute atomic E-state index is 0.131. The van der Waals surface area contributed by atoms with Crippen molar-refractivity contribution in [2.24, 2.45) is 5.41 Å². The molecule has 0 aromatic rings. The van der Waals surface area contributed by atoms with Crippen LogP contribution in [-0.4, -0.2) is 12.5 Å². The maximum Gasteiger partial charge on any atom is 0.398 e. The number of halogens is 3. The zero-order chi connectivity index (χ0) is 18.4. The van der Waals surface area contributed by atoms with Crippen molar-refractivity contribution in [2.75, 3.05) is 0 Å². The third-order valence-corrected chi connectivity index (χ3v) is 4.47. The summed E-state index contributed by atoms with van der Waals surface area (Å²) in [5, 5.41) is 0. The van der Waals surface area contributed by atoms with E-state index in [4.69, 9.17) is 0 Å². The van der Waals surface area contributed by atoms with Crippen LogP contribution in [0.15, 0.2) is 58.7 Å². The van der Waals surface area contributed by atoms with Crippen LogP contribution in [0.5, 0.6) is 0 Å². The molecule has 132 valence electrons. The molecule has 1 aliphatic rings. The van der Waals surface area contributed by atoms with Gasteiger partial charge in [-0.15, -0.1) is 0 Å². The molecule has 0 saturated heterocycles. The first-order valence-electron chi connectivity index (χ1n) is 8.04. The highest BCUT2D eigenvalue weighted by molar-refractivity contribution is 5.66. The molecule has 24 heavy (non-hydrogen) atoms. The molecule has 0 bridgehead atoms. The summed E-state index contributed by atoms with van der Waals surface area (Å²) < 4.78 is 40.5. The summed E-state index contributed by atoms with van der Waals surface area (Å²) in [5.74, 6) is 0. The summed E-state index contributed by atoms with van der Waals surface area (Å²) in [6, 6.07) is 0. The third kappa shape index (κ3) is 5.08. The second-order valence-electron chi connectivity index (χ2n) is 6.53. The molecule has 0 amide bonds. The van der Waals surface area contributed by atoms with E-state index in [1.165, 1.54) is 13.0 Å². The average molecular weight is 338 g/mol. The molecule has 1 aliphatic carbocycles. The number of allylic oxidation sites excluding steroid dienone is 10. The van der Waals surface area contributed by atoms with Crippen molar-refractivity contribution in [2.45, 2.75) is 53.1 Å². The van der Waals surface area contributed by atoms with E-state index in [9.17, 15) is 18.0 Å². The molecular formula is C20H25F3O. The van der Waals surface area contributed by atoms with Gasteiger partial charge in [-0.1, -0.05) is 41.5 Å². The second kappa shape index (κ2) is 8.32. The number of hydrogen-bond acceptors (Lipinski definition) is 1. The Morgan fingerprint density at radius 2 is 1.75 bits per heavy atom. The summed E-state index contributed by atoms with van der Waals surface area (Å²) in [6.45, 7) is 6.72. The van der Waals surface area contributed by atoms with E-state index in [2.05, 4.69) is 0 Å². The number of carbonyl (C=O) groups excluding carboxylic acids is 1. The lowest BCUT2D eigenvalue weighted by molar-refractivity contribution is -0.206. The number of carbonyl (C=O) groups is 1. The molecule has 0 aromatic carbocycles. The molecule has 0 radical (unpaired) electrons. The van der Waals surface area contributed by atoms with Gasteiger partial charge < -0.3 is 0 Å². The minimum Gasteiger partial charge on any atom is -0.299 e. The zero-order valence-electron chi connectivity index (χ0n) is 14.7. The topological polar surface area (TPSA) is 17.1 Å². The summed E-state index contributed by atoms with van der Waals surface area (Å²) in [7, 11) is 0. The quantitative estimate of drug-likeness (QED) is 0.328. The molecule has 0 saturated carbocycles. The first-order chi connectivity index (χ1) is 11.1. The van der Waals surface area contributed by atoms with Gasteiger partial charge in [0.1, 0.15) is 6.29 Å². The Bertz CT molecular complexity index is 615. The van der Waals surface area contributed by atoms with Gasteiger partial charge in [0.25, 0.3) is 0 Å². The van der Waals surface area contributed by atoms with Crippen molar-refractivity contribution in [1.82, 2.24) is 0 Å². The van der Waals surface area contributed by atoms with Gasteiger partial charge >= 0.3 is 6.18 Å². The first kappa shape index (κ1) is 20.2. The molecule has 0 spiro atoms. The normalized spacial score (nSPS) is 24.3. The summed E-state index contributed by atoms with van der Waals surface area (Å²) in [6.07, 6.45) is 8.01. The van der Waals surface area contributed by atoms with Gasteiger partial charge in [0.15, 0.2) is 0 Å². The fourth-order valence-corrected chi connectivity index (χ4v) is 2.85. The fourth-order valence-electron chi connectivity index (χ4n) is 2.85. The van der Waals surface area contributed by atoms with Gasteiger partial charge in [0.2, 0.25) is 0 Å². The average Bonchev–Trinajstić information content (AvgIpc) is 2.46. The lowest BCUT2D eigenvalue weighted by Crippen LogP contribution is -2.38. The van der Waals surface area contributed by atoms with Crippen molar-refractivity contribution in [3.63, 3.8) is 0 Å². The van der Waals surface area contributed by atoms with Crippen molar-refractivity contribution in [3.05, 3.63) is 58.7 Å². The summed E-state index contributed by atoms with van der Waals surface area (Å²) in [5.41, 5.74) is 1.08. The Hall–Kier alpha value is -1.84. The Kier molecular flexibility index (Phi) is 7.00. The van der Waals surface area contributed by atoms with Crippen LogP contribution in [-0.2, 0) is 4.79 Å². The van der Waals surface area contributed by atoms with Gasteiger partial charge in [0, 0.05) is 0 Å². The van der Waals surface area contributed by atoms with Gasteiger partial charge in [-0.05, 0) is 64.2 Å². The van der Waals surface area contributed by atoms with Gasteiger partial charge in [-0.3, -0.25) is 4.79 Å². The SMILES string of the molecule is CC1=C(/C=C/C(C)=C/C=C/C(C)=C/C=O)C(C)(C(F)(F)F)CCC1. The number of alkyl halides is 3. The Morgan fingerprint density at radius 3 is 2.33 bits per heavy atom. The van der Waals surface area contributed by atoms with Crippen LogP contribution < -0.4 is 0 Å². The molecule has 0 aromatic heterocycles. The Balaban J connectivity index is 3.01. The van der Waals surface area contributed by atoms with Crippen LogP contribution in [0.4, 0.5) is 13.2 Å². The standard InChI is InChI=1S/C20H25F3O/c1-15(7-5-8-16(2)12-14-24)10-11-18-17(3)9-6-13-19(18,4)20(21,22)23/h5,7-8,10-12,14H,6,9,13H2,1-4H3/b8-5+,11-10+,15-7+,16-12+. The highest BCUT2D eigenvalue weighted by atomic mass is 19.4. The van der Waals surface area contributed by atoms with Gasteiger partial charge in [-0.2, -0.15) is 13.2 Å². The van der Waals surface area contributed by atoms with Gasteiger partial charge in [0.05, 0.1) is 5.41 Å². The van der Waals surface area contributed by atoms with Crippen LogP contribution >= 0.6 is 0 Å². The monoisotopic (exact) mass is 338 g/mol. The van der Waals surface area contributed by atoms with E-state index in [-0.39, 0.29) is 6.42 Å². The molecule has 1 rings (SSSR count). The maximum atomic E-state index is 13.5. The van der Waals surface area contributed by atoms with E-state index >= 15 is 0 Å². The minimum atomic E-state index is -4.25. The van der Waals surface area contributed by atoms with Crippen molar-refractivity contribution < 1.29 is 18.0 Å².